The lowest BCUT2D eigenvalue weighted by atomic mass is 10.3. The zero-order valence-corrected chi connectivity index (χ0v) is 16.7. The first-order valence-electron chi connectivity index (χ1n) is 7.90. The summed E-state index contributed by atoms with van der Waals surface area (Å²) < 4.78 is 17.1. The summed E-state index contributed by atoms with van der Waals surface area (Å²) in [5, 5.41) is 10.9. The van der Waals surface area contributed by atoms with Crippen LogP contribution in [0.4, 0.5) is 5.69 Å². The van der Waals surface area contributed by atoms with E-state index in [2.05, 4.69) is 31.4 Å². The number of aromatic nitrogens is 2. The van der Waals surface area contributed by atoms with Crippen molar-refractivity contribution in [3.63, 3.8) is 0 Å². The predicted octanol–water partition coefficient (Wildman–Crippen LogP) is 4.15. The molecule has 1 amide bonds. The Hall–Kier alpha value is -2.52. The van der Waals surface area contributed by atoms with E-state index in [1.54, 1.807) is 31.4 Å². The minimum absolute atomic E-state index is 0.144. The van der Waals surface area contributed by atoms with Gasteiger partial charge in [-0.2, -0.15) is 0 Å². The van der Waals surface area contributed by atoms with Crippen molar-refractivity contribution in [2.45, 2.75) is 11.8 Å². The third kappa shape index (κ3) is 6.00. The molecule has 3 rings (SSSR count). The highest BCUT2D eigenvalue weighted by Gasteiger charge is 2.10. The molecule has 7 nitrogen and oxygen atoms in total. The molecule has 140 valence electrons. The van der Waals surface area contributed by atoms with Gasteiger partial charge < -0.3 is 19.2 Å². The van der Waals surface area contributed by atoms with Crippen molar-refractivity contribution in [1.82, 2.24) is 10.2 Å². The van der Waals surface area contributed by atoms with Crippen LogP contribution >= 0.6 is 27.7 Å². The number of hydrogen-bond acceptors (Lipinski definition) is 7. The van der Waals surface area contributed by atoms with Crippen molar-refractivity contribution < 1.29 is 18.7 Å². The molecule has 27 heavy (non-hydrogen) atoms. The van der Waals surface area contributed by atoms with Gasteiger partial charge in [0.25, 0.3) is 11.1 Å². The van der Waals surface area contributed by atoms with E-state index in [-0.39, 0.29) is 18.3 Å². The van der Waals surface area contributed by atoms with E-state index < -0.39 is 0 Å². The van der Waals surface area contributed by atoms with Crippen molar-refractivity contribution in [2.24, 2.45) is 0 Å². The van der Waals surface area contributed by atoms with Crippen LogP contribution in [0.25, 0.3) is 0 Å². The summed E-state index contributed by atoms with van der Waals surface area (Å²) in [4.78, 5) is 12.0. The molecule has 0 radical (unpaired) electrons. The first kappa shape index (κ1) is 19.2. The smallest absolute Gasteiger partial charge is 0.277 e. The first-order valence-corrected chi connectivity index (χ1v) is 9.67. The Morgan fingerprint density at radius 1 is 1.11 bits per heavy atom. The maximum atomic E-state index is 12.0. The number of halogens is 1. The van der Waals surface area contributed by atoms with Crippen molar-refractivity contribution in [1.29, 1.82) is 0 Å². The molecule has 3 aromatic rings. The third-order valence-electron chi connectivity index (χ3n) is 3.32. The fourth-order valence-corrected chi connectivity index (χ4v) is 2.87. The lowest BCUT2D eigenvalue weighted by Crippen LogP contribution is -2.13. The maximum Gasteiger partial charge on any atom is 0.277 e. The summed E-state index contributed by atoms with van der Waals surface area (Å²) in [6, 6.07) is 14.5. The molecule has 0 saturated heterocycles. The Morgan fingerprint density at radius 2 is 1.81 bits per heavy atom. The molecule has 0 aliphatic rings. The van der Waals surface area contributed by atoms with E-state index in [0.29, 0.717) is 16.9 Å². The van der Waals surface area contributed by atoms with Gasteiger partial charge in [-0.05, 0) is 48.5 Å². The number of benzene rings is 2. The fourth-order valence-electron chi connectivity index (χ4n) is 2.03. The minimum Gasteiger partial charge on any atom is -0.497 e. The second-order valence-corrected chi connectivity index (χ2v) is 7.11. The Kier molecular flexibility index (Phi) is 6.72. The number of anilines is 1. The number of carbonyl (C=O) groups excluding carboxylic acids is 1. The number of nitrogens with zero attached hydrogens (tertiary/aromatic N) is 2. The number of rotatable bonds is 8. The van der Waals surface area contributed by atoms with Gasteiger partial charge in [-0.15, -0.1) is 10.2 Å². The number of amides is 1. The highest BCUT2D eigenvalue weighted by atomic mass is 79.9. The summed E-state index contributed by atoms with van der Waals surface area (Å²) in [7, 11) is 1.60. The lowest BCUT2D eigenvalue weighted by molar-refractivity contribution is -0.113. The highest BCUT2D eigenvalue weighted by Crippen LogP contribution is 2.20. The van der Waals surface area contributed by atoms with Crippen LogP contribution in [0.2, 0.25) is 0 Å². The normalized spacial score (nSPS) is 10.4. The zero-order valence-electron chi connectivity index (χ0n) is 14.3. The molecule has 0 saturated carbocycles. The summed E-state index contributed by atoms with van der Waals surface area (Å²) >= 11 is 4.51. The van der Waals surface area contributed by atoms with E-state index in [4.69, 9.17) is 13.9 Å². The number of nitrogens with one attached hydrogen (secondary N) is 1. The summed E-state index contributed by atoms with van der Waals surface area (Å²) in [6.45, 7) is 0.144. The molecule has 0 aliphatic heterocycles. The van der Waals surface area contributed by atoms with Gasteiger partial charge in [-0.25, -0.2) is 0 Å². The van der Waals surface area contributed by atoms with Gasteiger partial charge >= 0.3 is 0 Å². The molecule has 0 fully saturated rings. The minimum atomic E-state index is -0.156. The average Bonchev–Trinajstić information content (AvgIpc) is 3.15. The van der Waals surface area contributed by atoms with Crippen LogP contribution in [0.1, 0.15) is 5.89 Å². The van der Waals surface area contributed by atoms with E-state index in [9.17, 15) is 4.79 Å². The first-order chi connectivity index (χ1) is 13.1. The SMILES string of the molecule is COc1ccc(OCc2nnc(SCC(=O)Nc3ccc(Br)cc3)o2)cc1. The lowest BCUT2D eigenvalue weighted by Gasteiger charge is -2.04. The van der Waals surface area contributed by atoms with Gasteiger partial charge in [0.15, 0.2) is 6.61 Å². The fraction of sp³-hybridized carbons (Fsp3) is 0.167. The molecule has 2 aromatic carbocycles. The van der Waals surface area contributed by atoms with E-state index in [1.807, 2.05) is 24.3 Å². The van der Waals surface area contributed by atoms with Crippen LogP contribution in [0.15, 0.2) is 62.6 Å². The van der Waals surface area contributed by atoms with Gasteiger partial charge in [0.1, 0.15) is 11.5 Å². The van der Waals surface area contributed by atoms with E-state index >= 15 is 0 Å². The molecule has 9 heteroatoms. The predicted molar refractivity (Wildman–Crippen MR) is 105 cm³/mol. The van der Waals surface area contributed by atoms with Crippen LogP contribution in [0.5, 0.6) is 11.5 Å². The van der Waals surface area contributed by atoms with Gasteiger partial charge in [-0.1, -0.05) is 27.7 Å². The van der Waals surface area contributed by atoms with Crippen molar-refractivity contribution in [2.75, 3.05) is 18.2 Å². The van der Waals surface area contributed by atoms with Crippen molar-refractivity contribution in [3.8, 4) is 11.5 Å². The molecule has 0 spiro atoms. The standard InChI is InChI=1S/C18H16BrN3O4S/c1-24-14-6-8-15(9-7-14)25-10-17-21-22-18(26-17)27-11-16(23)20-13-4-2-12(19)3-5-13/h2-9H,10-11H2,1H3,(H,20,23). The summed E-state index contributed by atoms with van der Waals surface area (Å²) in [5.74, 6) is 1.76. The van der Waals surface area contributed by atoms with E-state index in [1.165, 1.54) is 0 Å². The molecule has 1 N–H and O–H groups in total. The summed E-state index contributed by atoms with van der Waals surface area (Å²) in [5.41, 5.74) is 0.725. The van der Waals surface area contributed by atoms with Gasteiger partial charge in [0.05, 0.1) is 12.9 Å². The van der Waals surface area contributed by atoms with Gasteiger partial charge in [-0.3, -0.25) is 4.79 Å². The zero-order chi connectivity index (χ0) is 19.1. The molecule has 0 bridgehead atoms. The second kappa shape index (κ2) is 9.43. The Morgan fingerprint density at radius 3 is 2.52 bits per heavy atom. The molecular weight excluding hydrogens is 434 g/mol. The Labute approximate surface area is 168 Å². The number of methoxy groups -OCH3 is 1. The monoisotopic (exact) mass is 449 g/mol. The summed E-state index contributed by atoms with van der Waals surface area (Å²) in [6.07, 6.45) is 0. The van der Waals surface area contributed by atoms with Gasteiger partial charge in [0, 0.05) is 10.2 Å². The van der Waals surface area contributed by atoms with Crippen LogP contribution in [-0.2, 0) is 11.4 Å². The van der Waals surface area contributed by atoms with Crippen LogP contribution < -0.4 is 14.8 Å². The van der Waals surface area contributed by atoms with E-state index in [0.717, 1.165) is 27.7 Å². The van der Waals surface area contributed by atoms with Crippen LogP contribution in [-0.4, -0.2) is 29.0 Å². The molecule has 1 aromatic heterocycles. The average molecular weight is 450 g/mol. The quantitative estimate of drug-likeness (QED) is 0.516. The number of thioether (sulfide) groups is 1. The van der Waals surface area contributed by atoms with Crippen molar-refractivity contribution in [3.05, 3.63) is 58.9 Å². The Balaban J connectivity index is 1.44. The molecule has 0 unspecified atom stereocenters. The second-order valence-electron chi connectivity index (χ2n) is 5.27. The van der Waals surface area contributed by atoms with Gasteiger partial charge in [0.2, 0.25) is 5.91 Å². The molecular formula is C18H16BrN3O4S. The molecule has 1 heterocycles. The van der Waals surface area contributed by atoms with Crippen LogP contribution in [0.3, 0.4) is 0 Å². The molecule has 0 atom stereocenters. The Bertz CT molecular complexity index is 884. The number of hydrogen-bond donors (Lipinski definition) is 1. The largest absolute Gasteiger partial charge is 0.497 e. The highest BCUT2D eigenvalue weighted by molar-refractivity contribution is 9.10. The maximum absolute atomic E-state index is 12.0. The number of carbonyl (C=O) groups is 1. The van der Waals surface area contributed by atoms with Crippen LogP contribution in [0, 0.1) is 0 Å². The van der Waals surface area contributed by atoms with Crippen molar-refractivity contribution >= 4 is 39.3 Å². The number of ether oxygens (including phenoxy) is 2. The molecule has 0 aliphatic carbocycles. The third-order valence-corrected chi connectivity index (χ3v) is 4.67. The topological polar surface area (TPSA) is 86.5 Å².